The number of hydrogen-bond donors (Lipinski definition) is 1. The molecule has 0 amide bonds. The molecular formula is C14H16O3. The largest absolute Gasteiger partial charge is 0.428 e. The first kappa shape index (κ1) is 13.2. The molecule has 0 heterocycles. The molecule has 0 saturated carbocycles. The zero-order valence-corrected chi connectivity index (χ0v) is 9.96. The van der Waals surface area contributed by atoms with E-state index >= 15 is 0 Å². The van der Waals surface area contributed by atoms with E-state index in [9.17, 15) is 9.90 Å². The van der Waals surface area contributed by atoms with Gasteiger partial charge in [0.05, 0.1) is 5.57 Å². The van der Waals surface area contributed by atoms with Gasteiger partial charge in [-0.15, -0.1) is 0 Å². The number of esters is 1. The van der Waals surface area contributed by atoms with E-state index in [1.165, 1.54) is 0 Å². The summed E-state index contributed by atoms with van der Waals surface area (Å²) in [4.78, 5) is 11.6. The van der Waals surface area contributed by atoms with E-state index in [1.807, 2.05) is 13.0 Å². The Hall–Kier alpha value is -1.87. The highest BCUT2D eigenvalue weighted by Gasteiger charge is 2.14. The van der Waals surface area contributed by atoms with Crippen LogP contribution in [0.25, 0.3) is 0 Å². The highest BCUT2D eigenvalue weighted by molar-refractivity contribution is 5.91. The summed E-state index contributed by atoms with van der Waals surface area (Å²) in [6, 6.07) is 8.77. The number of aliphatic hydroxyl groups excluding tert-OH is 1. The Morgan fingerprint density at radius 2 is 1.94 bits per heavy atom. The van der Waals surface area contributed by atoms with Crippen LogP contribution in [0.3, 0.4) is 0 Å². The van der Waals surface area contributed by atoms with Gasteiger partial charge in [0.15, 0.2) is 0 Å². The average molecular weight is 232 g/mol. The van der Waals surface area contributed by atoms with E-state index in [2.05, 4.69) is 0 Å². The molecule has 3 nitrogen and oxygen atoms in total. The Labute approximate surface area is 101 Å². The number of allylic oxidation sites excluding steroid dienone is 2. The lowest BCUT2D eigenvalue weighted by Crippen LogP contribution is -2.12. The fourth-order valence-corrected chi connectivity index (χ4v) is 1.32. The van der Waals surface area contributed by atoms with Crippen LogP contribution in [0.1, 0.15) is 25.7 Å². The zero-order chi connectivity index (χ0) is 12.7. The zero-order valence-electron chi connectivity index (χ0n) is 9.96. The van der Waals surface area contributed by atoms with Crippen molar-refractivity contribution in [3.8, 4) is 0 Å². The molecule has 1 atom stereocenters. The molecule has 0 fully saturated rings. The third-order valence-electron chi connectivity index (χ3n) is 2.20. The molecule has 0 bridgehead atoms. The predicted octanol–water partition coefficient (Wildman–Crippen LogP) is 2.74. The predicted molar refractivity (Wildman–Crippen MR) is 66.1 cm³/mol. The summed E-state index contributed by atoms with van der Waals surface area (Å²) in [7, 11) is 0. The number of carbonyl (C=O) groups is 1. The van der Waals surface area contributed by atoms with Crippen molar-refractivity contribution in [2.75, 3.05) is 0 Å². The SMILES string of the molecule is CC=CC(=CC)C(=O)OC(O)c1ccccc1. The van der Waals surface area contributed by atoms with Gasteiger partial charge >= 0.3 is 5.97 Å². The molecule has 1 aromatic carbocycles. The highest BCUT2D eigenvalue weighted by atomic mass is 16.6. The molecule has 0 saturated heterocycles. The monoisotopic (exact) mass is 232 g/mol. The minimum atomic E-state index is -1.23. The summed E-state index contributed by atoms with van der Waals surface area (Å²) in [5, 5.41) is 9.71. The van der Waals surface area contributed by atoms with Crippen LogP contribution in [0.4, 0.5) is 0 Å². The van der Waals surface area contributed by atoms with Gasteiger partial charge in [0.2, 0.25) is 6.29 Å². The van der Waals surface area contributed by atoms with Gasteiger partial charge in [0, 0.05) is 5.56 Å². The number of ether oxygens (including phenoxy) is 1. The van der Waals surface area contributed by atoms with Gasteiger partial charge in [-0.2, -0.15) is 0 Å². The van der Waals surface area contributed by atoms with Crippen LogP contribution in [0, 0.1) is 0 Å². The third kappa shape index (κ3) is 3.89. The molecule has 17 heavy (non-hydrogen) atoms. The summed E-state index contributed by atoms with van der Waals surface area (Å²) in [5.41, 5.74) is 0.972. The van der Waals surface area contributed by atoms with E-state index in [1.54, 1.807) is 49.4 Å². The summed E-state index contributed by atoms with van der Waals surface area (Å²) in [6.07, 6.45) is 3.79. The Morgan fingerprint density at radius 1 is 1.29 bits per heavy atom. The Morgan fingerprint density at radius 3 is 2.47 bits per heavy atom. The van der Waals surface area contributed by atoms with Crippen LogP contribution in [-0.2, 0) is 9.53 Å². The second-order valence-corrected chi connectivity index (χ2v) is 3.41. The molecule has 0 aliphatic carbocycles. The van der Waals surface area contributed by atoms with Gasteiger partial charge in [-0.3, -0.25) is 0 Å². The van der Waals surface area contributed by atoms with E-state index in [-0.39, 0.29) is 0 Å². The van der Waals surface area contributed by atoms with Gasteiger partial charge in [-0.25, -0.2) is 4.79 Å². The molecule has 0 aliphatic rings. The fourth-order valence-electron chi connectivity index (χ4n) is 1.32. The van der Waals surface area contributed by atoms with Crippen LogP contribution in [0.15, 0.2) is 54.1 Å². The molecular weight excluding hydrogens is 216 g/mol. The normalized spacial score (nSPS) is 13.7. The number of rotatable bonds is 4. The number of aliphatic hydroxyl groups is 1. The maximum absolute atomic E-state index is 11.6. The molecule has 1 rings (SSSR count). The summed E-state index contributed by atoms with van der Waals surface area (Å²) >= 11 is 0. The molecule has 3 heteroatoms. The first-order valence-electron chi connectivity index (χ1n) is 5.42. The maximum Gasteiger partial charge on any atom is 0.340 e. The van der Waals surface area contributed by atoms with Crippen molar-refractivity contribution in [3.63, 3.8) is 0 Å². The molecule has 0 spiro atoms. The fraction of sp³-hybridized carbons (Fsp3) is 0.214. The van der Waals surface area contributed by atoms with Crippen molar-refractivity contribution < 1.29 is 14.6 Å². The smallest absolute Gasteiger partial charge is 0.340 e. The van der Waals surface area contributed by atoms with Crippen molar-refractivity contribution in [1.29, 1.82) is 0 Å². The lowest BCUT2D eigenvalue weighted by molar-refractivity contribution is -0.163. The van der Waals surface area contributed by atoms with Crippen LogP contribution < -0.4 is 0 Å². The molecule has 1 unspecified atom stereocenters. The first-order chi connectivity index (χ1) is 8.19. The van der Waals surface area contributed by atoms with Crippen molar-refractivity contribution in [1.82, 2.24) is 0 Å². The van der Waals surface area contributed by atoms with Gasteiger partial charge in [-0.1, -0.05) is 48.6 Å². The standard InChI is InChI=1S/C14H16O3/c1-3-8-11(4-2)13(15)17-14(16)12-9-6-5-7-10-12/h3-10,14,16H,1-2H3. The topological polar surface area (TPSA) is 46.5 Å². The van der Waals surface area contributed by atoms with Crippen molar-refractivity contribution in [2.24, 2.45) is 0 Å². The van der Waals surface area contributed by atoms with Gasteiger partial charge in [-0.05, 0) is 13.8 Å². The Balaban J connectivity index is 2.69. The Bertz CT molecular complexity index is 418. The maximum atomic E-state index is 11.6. The summed E-state index contributed by atoms with van der Waals surface area (Å²) in [5.74, 6) is -0.540. The molecule has 1 aromatic rings. The van der Waals surface area contributed by atoms with Gasteiger partial charge in [0.1, 0.15) is 0 Å². The van der Waals surface area contributed by atoms with Crippen LogP contribution >= 0.6 is 0 Å². The molecule has 90 valence electrons. The molecule has 0 aromatic heterocycles. The second-order valence-electron chi connectivity index (χ2n) is 3.41. The van der Waals surface area contributed by atoms with Crippen LogP contribution in [0.2, 0.25) is 0 Å². The van der Waals surface area contributed by atoms with Crippen molar-refractivity contribution in [2.45, 2.75) is 20.1 Å². The van der Waals surface area contributed by atoms with Crippen molar-refractivity contribution >= 4 is 5.97 Å². The number of benzene rings is 1. The van der Waals surface area contributed by atoms with Crippen molar-refractivity contribution in [3.05, 3.63) is 59.7 Å². The Kier molecular flexibility index (Phi) is 5.17. The third-order valence-corrected chi connectivity index (χ3v) is 2.20. The quantitative estimate of drug-likeness (QED) is 0.376. The average Bonchev–Trinajstić information content (AvgIpc) is 2.36. The van der Waals surface area contributed by atoms with E-state index in [0.29, 0.717) is 11.1 Å². The molecule has 0 aliphatic heterocycles. The van der Waals surface area contributed by atoms with E-state index < -0.39 is 12.3 Å². The first-order valence-corrected chi connectivity index (χ1v) is 5.42. The number of hydrogen-bond acceptors (Lipinski definition) is 3. The minimum absolute atomic E-state index is 0.419. The van der Waals surface area contributed by atoms with Crippen LogP contribution in [0.5, 0.6) is 0 Å². The van der Waals surface area contributed by atoms with Gasteiger partial charge in [0.25, 0.3) is 0 Å². The van der Waals surface area contributed by atoms with E-state index in [4.69, 9.17) is 4.74 Å². The lowest BCUT2D eigenvalue weighted by Gasteiger charge is -2.12. The van der Waals surface area contributed by atoms with Crippen LogP contribution in [-0.4, -0.2) is 11.1 Å². The molecule has 1 N–H and O–H groups in total. The molecule has 0 radical (unpaired) electrons. The second kappa shape index (κ2) is 6.66. The highest BCUT2D eigenvalue weighted by Crippen LogP contribution is 2.15. The lowest BCUT2D eigenvalue weighted by atomic mass is 10.2. The van der Waals surface area contributed by atoms with E-state index in [0.717, 1.165) is 0 Å². The number of carbonyl (C=O) groups excluding carboxylic acids is 1. The van der Waals surface area contributed by atoms with Gasteiger partial charge < -0.3 is 9.84 Å². The summed E-state index contributed by atoms with van der Waals surface area (Å²) in [6.45, 7) is 3.55. The summed E-state index contributed by atoms with van der Waals surface area (Å²) < 4.78 is 4.94. The minimum Gasteiger partial charge on any atom is -0.428 e.